The van der Waals surface area contributed by atoms with Crippen LogP contribution in [0.4, 0.5) is 5.69 Å². The van der Waals surface area contributed by atoms with E-state index < -0.39 is 0 Å². The van der Waals surface area contributed by atoms with Crippen molar-refractivity contribution in [1.82, 2.24) is 9.55 Å². The number of fused-ring (bicyclic) bond motifs is 1. The molecular formula is C13H10ClN3O. The van der Waals surface area contributed by atoms with Crippen LogP contribution in [0.15, 0.2) is 47.3 Å². The average Bonchev–Trinajstić information content (AvgIpc) is 2.65. The van der Waals surface area contributed by atoms with Gasteiger partial charge in [-0.25, -0.2) is 4.79 Å². The number of halogens is 1. The van der Waals surface area contributed by atoms with Crippen molar-refractivity contribution in [1.29, 1.82) is 0 Å². The lowest BCUT2D eigenvalue weighted by molar-refractivity contribution is 1.02. The van der Waals surface area contributed by atoms with Crippen LogP contribution in [0.25, 0.3) is 16.7 Å². The molecule has 0 aliphatic rings. The summed E-state index contributed by atoms with van der Waals surface area (Å²) in [5.41, 5.74) is 8.38. The van der Waals surface area contributed by atoms with Crippen molar-refractivity contribution in [2.24, 2.45) is 0 Å². The van der Waals surface area contributed by atoms with E-state index in [1.54, 1.807) is 41.0 Å². The van der Waals surface area contributed by atoms with Crippen LogP contribution in [0, 0.1) is 0 Å². The summed E-state index contributed by atoms with van der Waals surface area (Å²) in [5, 5.41) is 0.635. The summed E-state index contributed by atoms with van der Waals surface area (Å²) < 4.78 is 1.59. The van der Waals surface area contributed by atoms with Gasteiger partial charge in [0.15, 0.2) is 0 Å². The molecule has 0 radical (unpaired) electrons. The lowest BCUT2D eigenvalue weighted by Crippen LogP contribution is -2.14. The molecule has 0 saturated heterocycles. The van der Waals surface area contributed by atoms with Gasteiger partial charge in [0.1, 0.15) is 0 Å². The zero-order valence-electron chi connectivity index (χ0n) is 9.35. The Morgan fingerprint density at radius 3 is 2.56 bits per heavy atom. The van der Waals surface area contributed by atoms with Gasteiger partial charge in [0.25, 0.3) is 0 Å². The number of benzene rings is 2. The maximum absolute atomic E-state index is 12.0. The Morgan fingerprint density at radius 2 is 1.83 bits per heavy atom. The highest BCUT2D eigenvalue weighted by molar-refractivity contribution is 6.30. The molecule has 2 aromatic carbocycles. The van der Waals surface area contributed by atoms with E-state index in [0.717, 1.165) is 16.7 Å². The van der Waals surface area contributed by atoms with E-state index in [0.29, 0.717) is 10.7 Å². The van der Waals surface area contributed by atoms with Gasteiger partial charge in [-0.05, 0) is 42.5 Å². The first-order valence-electron chi connectivity index (χ1n) is 5.41. The average molecular weight is 260 g/mol. The summed E-state index contributed by atoms with van der Waals surface area (Å²) in [5.74, 6) is 0. The Hall–Kier alpha value is -2.20. The molecule has 0 saturated carbocycles. The lowest BCUT2D eigenvalue weighted by atomic mass is 10.2. The Morgan fingerprint density at radius 1 is 1.11 bits per heavy atom. The summed E-state index contributed by atoms with van der Waals surface area (Å²) in [4.78, 5) is 14.7. The van der Waals surface area contributed by atoms with Gasteiger partial charge >= 0.3 is 5.69 Å². The topological polar surface area (TPSA) is 63.8 Å². The van der Waals surface area contributed by atoms with Crippen molar-refractivity contribution in [3.63, 3.8) is 0 Å². The fourth-order valence-electron chi connectivity index (χ4n) is 1.98. The number of rotatable bonds is 1. The van der Waals surface area contributed by atoms with Crippen molar-refractivity contribution < 1.29 is 0 Å². The van der Waals surface area contributed by atoms with Crippen molar-refractivity contribution >= 4 is 28.3 Å². The van der Waals surface area contributed by atoms with Gasteiger partial charge < -0.3 is 10.7 Å². The highest BCUT2D eigenvalue weighted by atomic mass is 35.5. The molecule has 0 unspecified atom stereocenters. The number of anilines is 1. The molecule has 18 heavy (non-hydrogen) atoms. The molecule has 1 aromatic heterocycles. The van der Waals surface area contributed by atoms with E-state index >= 15 is 0 Å². The first-order valence-corrected chi connectivity index (χ1v) is 5.79. The molecule has 0 aliphatic heterocycles. The number of aromatic amines is 1. The first-order chi connectivity index (χ1) is 8.65. The van der Waals surface area contributed by atoms with Gasteiger partial charge in [0.05, 0.1) is 16.7 Å². The standard InChI is InChI=1S/C13H10ClN3O/c14-8-1-4-10(5-2-8)17-12-6-3-9(15)7-11(12)16-13(17)18/h1-7H,15H2,(H,16,18). The number of nitrogens with two attached hydrogens (primary N) is 1. The molecule has 0 amide bonds. The van der Waals surface area contributed by atoms with E-state index in [9.17, 15) is 4.79 Å². The molecule has 0 fully saturated rings. The molecule has 0 bridgehead atoms. The zero-order chi connectivity index (χ0) is 12.7. The van der Waals surface area contributed by atoms with Gasteiger partial charge in [-0.3, -0.25) is 4.57 Å². The van der Waals surface area contributed by atoms with Crippen molar-refractivity contribution in [3.05, 3.63) is 58.0 Å². The SMILES string of the molecule is Nc1ccc2c(c1)[nH]c(=O)n2-c1ccc(Cl)cc1. The smallest absolute Gasteiger partial charge is 0.331 e. The number of aromatic nitrogens is 2. The summed E-state index contributed by atoms with van der Waals surface area (Å²) in [6, 6.07) is 12.4. The predicted octanol–water partition coefficient (Wildman–Crippen LogP) is 2.55. The highest BCUT2D eigenvalue weighted by Crippen LogP contribution is 2.19. The second-order valence-corrected chi connectivity index (χ2v) is 4.46. The number of imidazole rings is 1. The molecule has 4 nitrogen and oxygen atoms in total. The lowest BCUT2D eigenvalue weighted by Gasteiger charge is -2.03. The molecule has 1 heterocycles. The molecule has 5 heteroatoms. The van der Waals surface area contributed by atoms with Crippen molar-refractivity contribution in [3.8, 4) is 5.69 Å². The van der Waals surface area contributed by atoms with E-state index in [4.69, 9.17) is 17.3 Å². The van der Waals surface area contributed by atoms with E-state index in [-0.39, 0.29) is 5.69 Å². The van der Waals surface area contributed by atoms with Gasteiger partial charge in [0.2, 0.25) is 0 Å². The number of nitrogen functional groups attached to an aromatic ring is 1. The fraction of sp³-hybridized carbons (Fsp3) is 0. The number of hydrogen-bond acceptors (Lipinski definition) is 2. The first kappa shape index (κ1) is 10.9. The Kier molecular flexibility index (Phi) is 2.38. The van der Waals surface area contributed by atoms with Crippen LogP contribution in [-0.2, 0) is 0 Å². The van der Waals surface area contributed by atoms with E-state index in [2.05, 4.69) is 4.98 Å². The second kappa shape index (κ2) is 3.92. The normalized spacial score (nSPS) is 10.9. The van der Waals surface area contributed by atoms with Gasteiger partial charge in [-0.1, -0.05) is 11.6 Å². The van der Waals surface area contributed by atoms with Gasteiger partial charge in [-0.2, -0.15) is 0 Å². The van der Waals surface area contributed by atoms with Crippen LogP contribution in [0.5, 0.6) is 0 Å². The third-order valence-electron chi connectivity index (χ3n) is 2.79. The summed E-state index contributed by atoms with van der Waals surface area (Å²) >= 11 is 5.84. The number of nitrogens with one attached hydrogen (secondary N) is 1. The largest absolute Gasteiger partial charge is 0.399 e. The van der Waals surface area contributed by atoms with Crippen LogP contribution in [0.3, 0.4) is 0 Å². The molecular weight excluding hydrogens is 250 g/mol. The third-order valence-corrected chi connectivity index (χ3v) is 3.04. The second-order valence-electron chi connectivity index (χ2n) is 4.02. The molecule has 0 aliphatic carbocycles. The maximum Gasteiger partial charge on any atom is 0.331 e. The minimum absolute atomic E-state index is 0.196. The quantitative estimate of drug-likeness (QED) is 0.660. The minimum Gasteiger partial charge on any atom is -0.399 e. The summed E-state index contributed by atoms with van der Waals surface area (Å²) in [6.45, 7) is 0. The minimum atomic E-state index is -0.196. The molecule has 3 rings (SSSR count). The maximum atomic E-state index is 12.0. The van der Waals surface area contributed by atoms with Crippen molar-refractivity contribution in [2.75, 3.05) is 5.73 Å². The number of hydrogen-bond donors (Lipinski definition) is 2. The van der Waals surface area contributed by atoms with Crippen LogP contribution < -0.4 is 11.4 Å². The third kappa shape index (κ3) is 1.67. The molecule has 90 valence electrons. The Labute approximate surface area is 108 Å². The zero-order valence-corrected chi connectivity index (χ0v) is 10.1. The molecule has 0 spiro atoms. The highest BCUT2D eigenvalue weighted by Gasteiger charge is 2.08. The summed E-state index contributed by atoms with van der Waals surface area (Å²) in [6.07, 6.45) is 0. The van der Waals surface area contributed by atoms with E-state index in [1.165, 1.54) is 0 Å². The summed E-state index contributed by atoms with van der Waals surface area (Å²) in [7, 11) is 0. The Bertz CT molecular complexity index is 771. The van der Waals surface area contributed by atoms with E-state index in [1.807, 2.05) is 6.07 Å². The van der Waals surface area contributed by atoms with Gasteiger partial charge in [-0.15, -0.1) is 0 Å². The predicted molar refractivity (Wildman–Crippen MR) is 73.3 cm³/mol. The van der Waals surface area contributed by atoms with Crippen LogP contribution in [0.2, 0.25) is 5.02 Å². The van der Waals surface area contributed by atoms with Gasteiger partial charge in [0, 0.05) is 10.7 Å². The molecule has 3 N–H and O–H groups in total. The fourth-order valence-corrected chi connectivity index (χ4v) is 2.10. The monoisotopic (exact) mass is 259 g/mol. The Balaban J connectivity index is 2.32. The van der Waals surface area contributed by atoms with Crippen LogP contribution in [-0.4, -0.2) is 9.55 Å². The molecule has 3 aromatic rings. The molecule has 0 atom stereocenters. The number of nitrogens with zero attached hydrogens (tertiary/aromatic N) is 1. The van der Waals surface area contributed by atoms with Crippen molar-refractivity contribution in [2.45, 2.75) is 0 Å². The number of H-pyrrole nitrogens is 1. The van der Waals surface area contributed by atoms with Crippen LogP contribution in [0.1, 0.15) is 0 Å². The van der Waals surface area contributed by atoms with Crippen LogP contribution >= 0.6 is 11.6 Å².